The Balaban J connectivity index is 2.04. The van der Waals surface area contributed by atoms with E-state index in [1.54, 1.807) is 13.2 Å². The predicted octanol–water partition coefficient (Wildman–Crippen LogP) is 2.25. The fourth-order valence-corrected chi connectivity index (χ4v) is 3.46. The van der Waals surface area contributed by atoms with Crippen molar-refractivity contribution in [1.82, 2.24) is 0 Å². The van der Waals surface area contributed by atoms with Crippen LogP contribution >= 0.6 is 0 Å². The number of ether oxygens (including phenoxy) is 3. The standard InChI is InChI=1S/C20H24O7/c1-25-16-9-12(8-15(23)18(16)24)19-14(10-22)13-6-11(4-3-5-21)7-17(26-2)20(13)27-19/h6-9,14,19,21-24H,3-5,10H2,1-2H3. The van der Waals surface area contributed by atoms with E-state index in [9.17, 15) is 15.3 Å². The Labute approximate surface area is 157 Å². The molecule has 0 aliphatic carbocycles. The predicted molar refractivity (Wildman–Crippen MR) is 97.9 cm³/mol. The number of hydrogen-bond acceptors (Lipinski definition) is 7. The molecule has 0 spiro atoms. The first-order valence-electron chi connectivity index (χ1n) is 8.73. The molecule has 4 N–H and O–H groups in total. The normalized spacial score (nSPS) is 18.1. The molecule has 1 aliphatic heterocycles. The Morgan fingerprint density at radius 1 is 1.00 bits per heavy atom. The number of benzene rings is 2. The van der Waals surface area contributed by atoms with E-state index in [2.05, 4.69) is 0 Å². The number of hydrogen-bond donors (Lipinski definition) is 4. The summed E-state index contributed by atoms with van der Waals surface area (Å²) in [5.41, 5.74) is 2.35. The number of phenolic OH excluding ortho intramolecular Hbond substituents is 2. The average molecular weight is 376 g/mol. The molecule has 0 amide bonds. The second kappa shape index (κ2) is 7.94. The maximum absolute atomic E-state index is 10.0. The Morgan fingerprint density at radius 3 is 2.37 bits per heavy atom. The van der Waals surface area contributed by atoms with Crippen LogP contribution in [0.3, 0.4) is 0 Å². The van der Waals surface area contributed by atoms with Gasteiger partial charge in [-0.25, -0.2) is 0 Å². The van der Waals surface area contributed by atoms with Gasteiger partial charge in [-0.15, -0.1) is 0 Å². The highest BCUT2D eigenvalue weighted by Gasteiger charge is 2.38. The van der Waals surface area contributed by atoms with Crippen LogP contribution in [0.1, 0.15) is 35.1 Å². The summed E-state index contributed by atoms with van der Waals surface area (Å²) in [6.07, 6.45) is 0.725. The lowest BCUT2D eigenvalue weighted by molar-refractivity contribution is 0.156. The van der Waals surface area contributed by atoms with Gasteiger partial charge in [0, 0.05) is 17.7 Å². The van der Waals surface area contributed by atoms with Gasteiger partial charge in [-0.05, 0) is 36.6 Å². The van der Waals surface area contributed by atoms with Crippen molar-refractivity contribution < 1.29 is 34.6 Å². The van der Waals surface area contributed by atoms with E-state index < -0.39 is 6.10 Å². The molecule has 1 aliphatic rings. The number of aliphatic hydroxyl groups excluding tert-OH is 2. The first-order chi connectivity index (χ1) is 13.0. The Morgan fingerprint density at radius 2 is 1.74 bits per heavy atom. The van der Waals surface area contributed by atoms with Crippen LogP contribution in [-0.2, 0) is 6.42 Å². The summed E-state index contributed by atoms with van der Waals surface area (Å²) in [7, 11) is 2.94. The molecule has 7 heteroatoms. The molecule has 0 saturated carbocycles. The van der Waals surface area contributed by atoms with Crippen molar-refractivity contribution in [2.75, 3.05) is 27.4 Å². The van der Waals surface area contributed by atoms with Gasteiger partial charge in [0.15, 0.2) is 23.0 Å². The molecule has 2 aromatic rings. The van der Waals surface area contributed by atoms with Crippen LogP contribution in [0.15, 0.2) is 24.3 Å². The van der Waals surface area contributed by atoms with Gasteiger partial charge in [-0.2, -0.15) is 0 Å². The van der Waals surface area contributed by atoms with Crippen LogP contribution in [0.2, 0.25) is 0 Å². The maximum atomic E-state index is 10.0. The van der Waals surface area contributed by atoms with Crippen molar-refractivity contribution in [2.45, 2.75) is 24.9 Å². The molecule has 0 saturated heterocycles. The summed E-state index contributed by atoms with van der Waals surface area (Å²) in [5.74, 6) is 0.169. The van der Waals surface area contributed by atoms with E-state index in [1.165, 1.54) is 13.2 Å². The minimum absolute atomic E-state index is 0.0918. The molecule has 146 valence electrons. The van der Waals surface area contributed by atoms with Crippen LogP contribution in [0.5, 0.6) is 28.7 Å². The lowest BCUT2D eigenvalue weighted by Crippen LogP contribution is -2.13. The molecule has 7 nitrogen and oxygen atoms in total. The highest BCUT2D eigenvalue weighted by molar-refractivity contribution is 5.57. The molecule has 27 heavy (non-hydrogen) atoms. The maximum Gasteiger partial charge on any atom is 0.200 e. The van der Waals surface area contributed by atoms with Crippen molar-refractivity contribution in [3.8, 4) is 28.7 Å². The summed E-state index contributed by atoms with van der Waals surface area (Å²) < 4.78 is 16.7. The Bertz CT molecular complexity index is 818. The second-order valence-corrected chi connectivity index (χ2v) is 6.46. The van der Waals surface area contributed by atoms with E-state index in [1.807, 2.05) is 12.1 Å². The second-order valence-electron chi connectivity index (χ2n) is 6.46. The first-order valence-corrected chi connectivity index (χ1v) is 8.73. The fraction of sp³-hybridized carbons (Fsp3) is 0.400. The largest absolute Gasteiger partial charge is 0.504 e. The van der Waals surface area contributed by atoms with Crippen molar-refractivity contribution in [2.24, 2.45) is 0 Å². The van der Waals surface area contributed by atoms with Gasteiger partial charge in [0.25, 0.3) is 0 Å². The van der Waals surface area contributed by atoms with E-state index in [0.29, 0.717) is 29.9 Å². The number of aryl methyl sites for hydroxylation is 1. The number of fused-ring (bicyclic) bond motifs is 1. The summed E-state index contributed by atoms with van der Waals surface area (Å²) in [4.78, 5) is 0. The quantitative estimate of drug-likeness (QED) is 0.549. The van der Waals surface area contributed by atoms with Crippen LogP contribution in [0.25, 0.3) is 0 Å². The number of aromatic hydroxyl groups is 2. The lowest BCUT2D eigenvalue weighted by Gasteiger charge is -2.19. The fourth-order valence-electron chi connectivity index (χ4n) is 3.46. The third-order valence-electron chi connectivity index (χ3n) is 4.82. The summed E-state index contributed by atoms with van der Waals surface area (Å²) in [6, 6.07) is 6.79. The summed E-state index contributed by atoms with van der Waals surface area (Å²) >= 11 is 0. The molecule has 2 unspecified atom stereocenters. The number of aliphatic hydroxyl groups is 2. The number of methoxy groups -OCH3 is 2. The van der Waals surface area contributed by atoms with Gasteiger partial charge in [-0.3, -0.25) is 0 Å². The first kappa shape index (κ1) is 19.1. The Hall–Kier alpha value is -2.64. The smallest absolute Gasteiger partial charge is 0.200 e. The average Bonchev–Trinajstić information content (AvgIpc) is 3.06. The zero-order valence-corrected chi connectivity index (χ0v) is 15.3. The van der Waals surface area contributed by atoms with Crippen LogP contribution in [0, 0.1) is 0 Å². The summed E-state index contributed by atoms with van der Waals surface area (Å²) in [6.45, 7) is -0.0806. The van der Waals surface area contributed by atoms with E-state index in [-0.39, 0.29) is 36.4 Å². The van der Waals surface area contributed by atoms with Crippen molar-refractivity contribution in [3.05, 3.63) is 41.0 Å². The van der Waals surface area contributed by atoms with Crippen molar-refractivity contribution in [1.29, 1.82) is 0 Å². The van der Waals surface area contributed by atoms with E-state index in [0.717, 1.165) is 11.1 Å². The number of rotatable bonds is 7. The third kappa shape index (κ3) is 3.48. The van der Waals surface area contributed by atoms with Gasteiger partial charge in [-0.1, -0.05) is 6.07 Å². The molecular weight excluding hydrogens is 352 g/mol. The molecular formula is C20H24O7. The summed E-state index contributed by atoms with van der Waals surface area (Å²) in [5, 5.41) is 39.0. The zero-order chi connectivity index (χ0) is 19.6. The monoisotopic (exact) mass is 376 g/mol. The van der Waals surface area contributed by atoms with Crippen LogP contribution < -0.4 is 14.2 Å². The minimum atomic E-state index is -0.576. The van der Waals surface area contributed by atoms with Crippen molar-refractivity contribution >= 4 is 0 Å². The molecule has 0 aromatic heterocycles. The van der Waals surface area contributed by atoms with Crippen LogP contribution in [0.4, 0.5) is 0 Å². The zero-order valence-electron chi connectivity index (χ0n) is 15.3. The Kier molecular flexibility index (Phi) is 5.62. The highest BCUT2D eigenvalue weighted by atomic mass is 16.5. The lowest BCUT2D eigenvalue weighted by atomic mass is 9.90. The SMILES string of the molecule is COc1cc(C2Oc3c(OC)cc(CCCO)cc3C2CO)cc(O)c1O. The molecule has 2 aromatic carbocycles. The molecule has 1 heterocycles. The molecule has 0 fully saturated rings. The third-order valence-corrected chi connectivity index (χ3v) is 4.82. The highest BCUT2D eigenvalue weighted by Crippen LogP contribution is 2.52. The molecule has 3 rings (SSSR count). The van der Waals surface area contributed by atoms with Crippen LogP contribution in [-0.4, -0.2) is 47.9 Å². The minimum Gasteiger partial charge on any atom is -0.504 e. The van der Waals surface area contributed by atoms with Gasteiger partial charge in [0.1, 0.15) is 6.10 Å². The molecule has 0 radical (unpaired) electrons. The van der Waals surface area contributed by atoms with Gasteiger partial charge >= 0.3 is 0 Å². The topological polar surface area (TPSA) is 109 Å². The molecule has 0 bridgehead atoms. The van der Waals surface area contributed by atoms with E-state index >= 15 is 0 Å². The number of phenols is 2. The van der Waals surface area contributed by atoms with Gasteiger partial charge in [0.2, 0.25) is 5.75 Å². The van der Waals surface area contributed by atoms with Gasteiger partial charge < -0.3 is 34.6 Å². The van der Waals surface area contributed by atoms with Crippen molar-refractivity contribution in [3.63, 3.8) is 0 Å². The molecule has 2 atom stereocenters. The van der Waals surface area contributed by atoms with Gasteiger partial charge in [0.05, 0.1) is 26.7 Å². The van der Waals surface area contributed by atoms with E-state index in [4.69, 9.17) is 19.3 Å².